The highest BCUT2D eigenvalue weighted by atomic mass is 35.5. The van der Waals surface area contributed by atoms with E-state index in [-0.39, 0.29) is 5.91 Å². The van der Waals surface area contributed by atoms with Gasteiger partial charge in [-0.3, -0.25) is 4.79 Å². The number of hydrogen-bond acceptors (Lipinski definition) is 3. The standard InChI is InChI=1S/C16H19ClN2OS/c17-13-6-2-3-7-14(13)21-11-8-15(20)19-16(12-18)9-4-1-5-10-16/h2-3,6-7H,1,4-5,8-11H2,(H,19,20). The molecular formula is C16H19ClN2OS. The number of thioether (sulfide) groups is 1. The van der Waals surface area contributed by atoms with Crippen LogP contribution in [0.5, 0.6) is 0 Å². The molecule has 21 heavy (non-hydrogen) atoms. The van der Waals surface area contributed by atoms with Crippen LogP contribution in [0.3, 0.4) is 0 Å². The highest BCUT2D eigenvalue weighted by Gasteiger charge is 2.33. The van der Waals surface area contributed by atoms with Gasteiger partial charge < -0.3 is 5.32 Å². The quantitative estimate of drug-likeness (QED) is 0.828. The molecule has 1 saturated carbocycles. The maximum absolute atomic E-state index is 12.0. The van der Waals surface area contributed by atoms with Gasteiger partial charge in [0.25, 0.3) is 0 Å². The molecule has 2 rings (SSSR count). The molecule has 0 radical (unpaired) electrons. The summed E-state index contributed by atoms with van der Waals surface area (Å²) >= 11 is 7.64. The van der Waals surface area contributed by atoms with Crippen LogP contribution in [-0.4, -0.2) is 17.2 Å². The largest absolute Gasteiger partial charge is 0.338 e. The van der Waals surface area contributed by atoms with Gasteiger partial charge in [0.1, 0.15) is 5.54 Å². The number of carbonyl (C=O) groups excluding carboxylic acids is 1. The lowest BCUT2D eigenvalue weighted by Gasteiger charge is -2.31. The molecule has 1 aliphatic rings. The summed E-state index contributed by atoms with van der Waals surface area (Å²) in [5.41, 5.74) is -0.635. The van der Waals surface area contributed by atoms with Crippen molar-refractivity contribution in [1.29, 1.82) is 5.26 Å². The summed E-state index contributed by atoms with van der Waals surface area (Å²) in [4.78, 5) is 13.0. The minimum Gasteiger partial charge on any atom is -0.338 e. The van der Waals surface area contributed by atoms with Crippen LogP contribution in [0.4, 0.5) is 0 Å². The van der Waals surface area contributed by atoms with Gasteiger partial charge in [-0.25, -0.2) is 0 Å². The monoisotopic (exact) mass is 322 g/mol. The molecule has 3 nitrogen and oxygen atoms in total. The average molecular weight is 323 g/mol. The fraction of sp³-hybridized carbons (Fsp3) is 0.500. The van der Waals surface area contributed by atoms with E-state index < -0.39 is 5.54 Å². The van der Waals surface area contributed by atoms with Crippen molar-refractivity contribution in [2.75, 3.05) is 5.75 Å². The van der Waals surface area contributed by atoms with Gasteiger partial charge in [0.05, 0.1) is 11.1 Å². The van der Waals surface area contributed by atoms with Crippen LogP contribution in [0.1, 0.15) is 38.5 Å². The number of benzene rings is 1. The highest BCUT2D eigenvalue weighted by molar-refractivity contribution is 7.99. The van der Waals surface area contributed by atoms with Crippen molar-refractivity contribution in [2.45, 2.75) is 49.0 Å². The van der Waals surface area contributed by atoms with Gasteiger partial charge in [-0.15, -0.1) is 11.8 Å². The fourth-order valence-electron chi connectivity index (χ4n) is 2.56. The van der Waals surface area contributed by atoms with Crippen molar-refractivity contribution in [3.63, 3.8) is 0 Å². The van der Waals surface area contributed by atoms with Crippen molar-refractivity contribution in [3.05, 3.63) is 29.3 Å². The van der Waals surface area contributed by atoms with E-state index in [1.165, 1.54) is 0 Å². The van der Waals surface area contributed by atoms with Crippen molar-refractivity contribution >= 4 is 29.3 Å². The number of hydrogen-bond donors (Lipinski definition) is 1. The third kappa shape index (κ3) is 4.66. The van der Waals surface area contributed by atoms with E-state index in [0.717, 1.165) is 37.0 Å². The lowest BCUT2D eigenvalue weighted by atomic mass is 9.83. The van der Waals surface area contributed by atoms with E-state index in [2.05, 4.69) is 11.4 Å². The summed E-state index contributed by atoms with van der Waals surface area (Å²) in [6.45, 7) is 0. The van der Waals surface area contributed by atoms with Gasteiger partial charge >= 0.3 is 0 Å². The van der Waals surface area contributed by atoms with Gasteiger partial charge in [0.2, 0.25) is 5.91 Å². The minimum atomic E-state index is -0.635. The Balaban J connectivity index is 1.80. The zero-order valence-corrected chi connectivity index (χ0v) is 13.5. The normalized spacial score (nSPS) is 17.0. The summed E-state index contributed by atoms with van der Waals surface area (Å²) in [7, 11) is 0. The second kappa shape index (κ2) is 7.72. The summed E-state index contributed by atoms with van der Waals surface area (Å²) in [6.07, 6.45) is 5.13. The average Bonchev–Trinajstić information content (AvgIpc) is 2.50. The Kier molecular flexibility index (Phi) is 5.96. The topological polar surface area (TPSA) is 52.9 Å². The van der Waals surface area contributed by atoms with Crippen LogP contribution in [0, 0.1) is 11.3 Å². The van der Waals surface area contributed by atoms with E-state index in [1.807, 2.05) is 24.3 Å². The molecule has 1 aromatic carbocycles. The van der Waals surface area contributed by atoms with Crippen molar-refractivity contribution in [2.24, 2.45) is 0 Å². The number of amides is 1. The van der Waals surface area contributed by atoms with Gasteiger partial charge in [-0.2, -0.15) is 5.26 Å². The Bertz CT molecular complexity index is 535. The van der Waals surface area contributed by atoms with Gasteiger partial charge in [-0.05, 0) is 25.0 Å². The fourth-order valence-corrected chi connectivity index (χ4v) is 3.75. The number of nitrogens with one attached hydrogen (secondary N) is 1. The molecule has 1 aliphatic carbocycles. The third-order valence-electron chi connectivity index (χ3n) is 3.72. The Hall–Kier alpha value is -1.18. The first kappa shape index (κ1) is 16.2. The summed E-state index contributed by atoms with van der Waals surface area (Å²) in [6, 6.07) is 9.92. The van der Waals surface area contributed by atoms with Crippen molar-refractivity contribution in [3.8, 4) is 6.07 Å². The number of carbonyl (C=O) groups is 1. The number of halogens is 1. The molecule has 5 heteroatoms. The Morgan fingerprint density at radius 3 is 2.71 bits per heavy atom. The Morgan fingerprint density at radius 1 is 1.33 bits per heavy atom. The summed E-state index contributed by atoms with van der Waals surface area (Å²) in [5.74, 6) is 0.620. The van der Waals surface area contributed by atoms with Crippen LogP contribution in [0.2, 0.25) is 5.02 Å². The molecule has 1 fully saturated rings. The molecule has 0 unspecified atom stereocenters. The van der Waals surface area contributed by atoms with Gasteiger partial charge in [0.15, 0.2) is 0 Å². The van der Waals surface area contributed by atoms with E-state index in [9.17, 15) is 10.1 Å². The smallest absolute Gasteiger partial charge is 0.222 e. The zero-order valence-electron chi connectivity index (χ0n) is 11.9. The number of nitriles is 1. The molecule has 0 aliphatic heterocycles. The van der Waals surface area contributed by atoms with E-state index in [1.54, 1.807) is 11.8 Å². The molecule has 0 saturated heterocycles. The molecule has 0 heterocycles. The van der Waals surface area contributed by atoms with E-state index in [0.29, 0.717) is 17.2 Å². The third-order valence-corrected chi connectivity index (χ3v) is 5.24. The lowest BCUT2D eigenvalue weighted by Crippen LogP contribution is -2.48. The maximum Gasteiger partial charge on any atom is 0.222 e. The van der Waals surface area contributed by atoms with E-state index >= 15 is 0 Å². The molecule has 0 atom stereocenters. The molecule has 0 bridgehead atoms. The molecular weight excluding hydrogens is 304 g/mol. The van der Waals surface area contributed by atoms with Crippen LogP contribution >= 0.6 is 23.4 Å². The second-order valence-electron chi connectivity index (χ2n) is 5.33. The van der Waals surface area contributed by atoms with Crippen molar-refractivity contribution in [1.82, 2.24) is 5.32 Å². The predicted molar refractivity (Wildman–Crippen MR) is 86.4 cm³/mol. The minimum absolute atomic E-state index is 0.0435. The van der Waals surface area contributed by atoms with Gasteiger partial charge in [0, 0.05) is 17.1 Å². The first-order valence-corrected chi connectivity index (χ1v) is 8.61. The first-order valence-electron chi connectivity index (χ1n) is 7.25. The molecule has 0 aromatic heterocycles. The zero-order chi connectivity index (χ0) is 15.1. The molecule has 1 N–H and O–H groups in total. The Labute approximate surface area is 135 Å². The molecule has 112 valence electrons. The van der Waals surface area contributed by atoms with Crippen LogP contribution < -0.4 is 5.32 Å². The predicted octanol–water partition coefficient (Wildman–Crippen LogP) is 4.16. The first-order chi connectivity index (χ1) is 10.2. The summed E-state index contributed by atoms with van der Waals surface area (Å²) < 4.78 is 0. The van der Waals surface area contributed by atoms with E-state index in [4.69, 9.17) is 11.6 Å². The van der Waals surface area contributed by atoms with Gasteiger partial charge in [-0.1, -0.05) is 43.0 Å². The number of rotatable bonds is 5. The SMILES string of the molecule is N#CC1(NC(=O)CCSc2ccccc2Cl)CCCCC1. The molecule has 1 aromatic rings. The highest BCUT2D eigenvalue weighted by Crippen LogP contribution is 2.29. The Morgan fingerprint density at radius 2 is 2.05 bits per heavy atom. The van der Waals surface area contributed by atoms with Crippen molar-refractivity contribution < 1.29 is 4.79 Å². The number of nitrogens with zero attached hydrogens (tertiary/aromatic N) is 1. The lowest BCUT2D eigenvalue weighted by molar-refractivity contribution is -0.122. The van der Waals surface area contributed by atoms with Crippen LogP contribution in [-0.2, 0) is 4.79 Å². The van der Waals surface area contributed by atoms with Crippen LogP contribution in [0.25, 0.3) is 0 Å². The molecule has 0 spiro atoms. The summed E-state index contributed by atoms with van der Waals surface area (Å²) in [5, 5.41) is 13.0. The van der Waals surface area contributed by atoms with Crippen LogP contribution in [0.15, 0.2) is 29.2 Å². The maximum atomic E-state index is 12.0. The second-order valence-corrected chi connectivity index (χ2v) is 6.88. The molecule has 1 amide bonds.